The third-order valence-corrected chi connectivity index (χ3v) is 5.66. The van der Waals surface area contributed by atoms with Crippen LogP contribution in [0.2, 0.25) is 0 Å². The molecule has 100 valence electrons. The topological polar surface area (TPSA) is 46.5 Å². The van der Waals surface area contributed by atoms with Crippen LogP contribution in [-0.2, 0) is 9.53 Å². The number of fused-ring (bicyclic) bond motifs is 3. The van der Waals surface area contributed by atoms with Gasteiger partial charge in [-0.1, -0.05) is 25.5 Å². The minimum atomic E-state index is -0.304. The van der Waals surface area contributed by atoms with E-state index < -0.39 is 0 Å². The number of esters is 1. The predicted octanol–water partition coefficient (Wildman–Crippen LogP) is 2.29. The molecule has 1 N–H and O–H groups in total. The number of aliphatic hydroxyl groups excluding tert-OH is 1. The number of carbonyl (C=O) groups is 1. The zero-order valence-corrected chi connectivity index (χ0v) is 11.3. The Morgan fingerprint density at radius 1 is 1.50 bits per heavy atom. The van der Waals surface area contributed by atoms with E-state index in [2.05, 4.69) is 19.9 Å². The van der Waals surface area contributed by atoms with Crippen molar-refractivity contribution in [2.45, 2.75) is 52.2 Å². The third-order valence-electron chi connectivity index (χ3n) is 5.66. The summed E-state index contributed by atoms with van der Waals surface area (Å²) in [4.78, 5) is 11.8. The highest BCUT2D eigenvalue weighted by molar-refractivity contribution is 5.75. The monoisotopic (exact) mass is 250 g/mol. The van der Waals surface area contributed by atoms with Crippen LogP contribution in [0.4, 0.5) is 0 Å². The molecule has 1 saturated carbocycles. The average molecular weight is 250 g/mol. The standard InChI is InChI=1S/C15H22O3/c1-8-4-5-11(16)15(3)7-6-10-9(2)14(17)18-13(10)12(8)15/h4,9-13,16H,5-7H2,1-3H3/t9-,10+,11+,12-,13-,15+/m1/s1. The van der Waals surface area contributed by atoms with Gasteiger partial charge >= 0.3 is 5.97 Å². The van der Waals surface area contributed by atoms with Crippen molar-refractivity contribution in [1.82, 2.24) is 0 Å². The quantitative estimate of drug-likeness (QED) is 0.530. The Balaban J connectivity index is 2.00. The summed E-state index contributed by atoms with van der Waals surface area (Å²) in [6.07, 6.45) is 4.52. The molecule has 0 bridgehead atoms. The molecular formula is C15H22O3. The van der Waals surface area contributed by atoms with Gasteiger partial charge in [0.15, 0.2) is 0 Å². The van der Waals surface area contributed by atoms with Gasteiger partial charge in [-0.05, 0) is 26.2 Å². The molecule has 0 amide bonds. The Labute approximate surface area is 108 Å². The summed E-state index contributed by atoms with van der Waals surface area (Å²) in [7, 11) is 0. The van der Waals surface area contributed by atoms with E-state index in [1.165, 1.54) is 5.57 Å². The van der Waals surface area contributed by atoms with Crippen LogP contribution in [0.1, 0.15) is 40.0 Å². The van der Waals surface area contributed by atoms with E-state index in [0.29, 0.717) is 5.92 Å². The fourth-order valence-corrected chi connectivity index (χ4v) is 4.37. The lowest BCUT2D eigenvalue weighted by atomic mass is 9.55. The highest BCUT2D eigenvalue weighted by Gasteiger charge is 2.58. The van der Waals surface area contributed by atoms with E-state index in [1.807, 2.05) is 6.92 Å². The summed E-state index contributed by atoms with van der Waals surface area (Å²) in [5.41, 5.74) is 1.17. The van der Waals surface area contributed by atoms with Gasteiger partial charge in [-0.25, -0.2) is 0 Å². The van der Waals surface area contributed by atoms with Gasteiger partial charge in [-0.15, -0.1) is 0 Å². The van der Waals surface area contributed by atoms with Gasteiger partial charge in [-0.2, -0.15) is 0 Å². The van der Waals surface area contributed by atoms with Crippen molar-refractivity contribution in [2.75, 3.05) is 0 Å². The van der Waals surface area contributed by atoms with Gasteiger partial charge < -0.3 is 9.84 Å². The molecule has 1 aliphatic heterocycles. The molecule has 18 heavy (non-hydrogen) atoms. The molecule has 2 aliphatic carbocycles. The number of carbonyl (C=O) groups excluding carboxylic acids is 1. The summed E-state index contributed by atoms with van der Waals surface area (Å²) >= 11 is 0. The van der Waals surface area contributed by atoms with Gasteiger partial charge in [0, 0.05) is 17.3 Å². The Morgan fingerprint density at radius 3 is 2.94 bits per heavy atom. The van der Waals surface area contributed by atoms with Crippen LogP contribution in [0.5, 0.6) is 0 Å². The smallest absolute Gasteiger partial charge is 0.309 e. The fourth-order valence-electron chi connectivity index (χ4n) is 4.37. The molecule has 1 saturated heterocycles. The fraction of sp³-hybridized carbons (Fsp3) is 0.800. The van der Waals surface area contributed by atoms with Crippen molar-refractivity contribution in [3.8, 4) is 0 Å². The number of aliphatic hydroxyl groups is 1. The molecule has 3 nitrogen and oxygen atoms in total. The molecule has 0 aromatic heterocycles. The summed E-state index contributed by atoms with van der Waals surface area (Å²) in [5, 5.41) is 10.3. The number of rotatable bonds is 0. The Kier molecular flexibility index (Phi) is 2.60. The summed E-state index contributed by atoms with van der Waals surface area (Å²) in [5.74, 6) is 0.506. The molecule has 2 fully saturated rings. The molecular weight excluding hydrogens is 228 g/mol. The van der Waals surface area contributed by atoms with E-state index in [-0.39, 0.29) is 35.4 Å². The maximum Gasteiger partial charge on any atom is 0.309 e. The minimum absolute atomic E-state index is 0.0163. The molecule has 0 radical (unpaired) electrons. The molecule has 3 aliphatic rings. The Hall–Kier alpha value is -0.830. The molecule has 1 heterocycles. The number of hydrogen-bond acceptors (Lipinski definition) is 3. The summed E-state index contributed by atoms with van der Waals surface area (Å²) < 4.78 is 5.64. The second-order valence-corrected chi connectivity index (χ2v) is 6.58. The first-order chi connectivity index (χ1) is 8.45. The number of ether oxygens (including phenoxy) is 1. The van der Waals surface area contributed by atoms with Gasteiger partial charge in [-0.3, -0.25) is 4.79 Å². The minimum Gasteiger partial charge on any atom is -0.461 e. The largest absolute Gasteiger partial charge is 0.461 e. The lowest BCUT2D eigenvalue weighted by Gasteiger charge is -2.51. The van der Waals surface area contributed by atoms with Crippen molar-refractivity contribution < 1.29 is 14.6 Å². The molecule has 3 rings (SSSR count). The van der Waals surface area contributed by atoms with Crippen molar-refractivity contribution in [1.29, 1.82) is 0 Å². The van der Waals surface area contributed by atoms with Crippen LogP contribution in [0.15, 0.2) is 11.6 Å². The SMILES string of the molecule is CC1=CC[C@H](O)[C@]2(C)CC[C@@H]3[C@@H](OC(=O)[C@@H]3C)[C@@H]12. The van der Waals surface area contributed by atoms with E-state index in [4.69, 9.17) is 4.74 Å². The van der Waals surface area contributed by atoms with Crippen molar-refractivity contribution in [2.24, 2.45) is 23.2 Å². The molecule has 3 heteroatoms. The first-order valence-electron chi connectivity index (χ1n) is 7.00. The lowest BCUT2D eigenvalue weighted by Crippen LogP contribution is -2.52. The van der Waals surface area contributed by atoms with Crippen LogP contribution in [0.25, 0.3) is 0 Å². The highest BCUT2D eigenvalue weighted by Crippen LogP contribution is 2.56. The van der Waals surface area contributed by atoms with Gasteiger partial charge in [0.1, 0.15) is 6.10 Å². The van der Waals surface area contributed by atoms with Gasteiger partial charge in [0.25, 0.3) is 0 Å². The normalized spacial score (nSPS) is 51.2. The predicted molar refractivity (Wildman–Crippen MR) is 67.7 cm³/mol. The summed E-state index contributed by atoms with van der Waals surface area (Å²) in [6.45, 7) is 6.26. The van der Waals surface area contributed by atoms with Crippen molar-refractivity contribution in [3.63, 3.8) is 0 Å². The second kappa shape index (κ2) is 3.83. The summed E-state index contributed by atoms with van der Waals surface area (Å²) in [6, 6.07) is 0. The lowest BCUT2D eigenvalue weighted by molar-refractivity contribution is -0.151. The maximum absolute atomic E-state index is 11.8. The first kappa shape index (κ1) is 12.2. The Morgan fingerprint density at radius 2 is 2.22 bits per heavy atom. The van der Waals surface area contributed by atoms with E-state index in [1.54, 1.807) is 0 Å². The molecule has 0 aromatic rings. The number of hydrogen-bond donors (Lipinski definition) is 1. The van der Waals surface area contributed by atoms with Gasteiger partial charge in [0.05, 0.1) is 12.0 Å². The van der Waals surface area contributed by atoms with Crippen molar-refractivity contribution in [3.05, 3.63) is 11.6 Å². The molecule has 6 atom stereocenters. The van der Waals surface area contributed by atoms with Crippen LogP contribution in [-0.4, -0.2) is 23.3 Å². The van der Waals surface area contributed by atoms with Gasteiger partial charge in [0.2, 0.25) is 0 Å². The van der Waals surface area contributed by atoms with Crippen LogP contribution < -0.4 is 0 Å². The van der Waals surface area contributed by atoms with Crippen LogP contribution in [0, 0.1) is 23.2 Å². The molecule has 0 unspecified atom stereocenters. The highest BCUT2D eigenvalue weighted by atomic mass is 16.6. The van der Waals surface area contributed by atoms with E-state index in [9.17, 15) is 9.90 Å². The first-order valence-corrected chi connectivity index (χ1v) is 7.00. The third kappa shape index (κ3) is 1.43. The molecule has 0 spiro atoms. The van der Waals surface area contributed by atoms with Crippen LogP contribution >= 0.6 is 0 Å². The average Bonchev–Trinajstić information content (AvgIpc) is 2.60. The zero-order valence-electron chi connectivity index (χ0n) is 11.3. The molecule has 0 aromatic carbocycles. The maximum atomic E-state index is 11.8. The zero-order chi connectivity index (χ0) is 13.1. The van der Waals surface area contributed by atoms with E-state index in [0.717, 1.165) is 19.3 Å². The second-order valence-electron chi connectivity index (χ2n) is 6.58. The van der Waals surface area contributed by atoms with Crippen molar-refractivity contribution >= 4 is 5.97 Å². The Bertz CT molecular complexity index is 414. The van der Waals surface area contributed by atoms with E-state index >= 15 is 0 Å². The van der Waals surface area contributed by atoms with Crippen LogP contribution in [0.3, 0.4) is 0 Å².